The second-order valence-corrected chi connectivity index (χ2v) is 38.6. The lowest BCUT2D eigenvalue weighted by atomic mass is 9.68. The van der Waals surface area contributed by atoms with Gasteiger partial charge in [0.2, 0.25) is 0 Å². The van der Waals surface area contributed by atoms with Gasteiger partial charge in [-0.05, 0) is 266 Å². The average Bonchev–Trinajstić information content (AvgIpc) is 1.50. The topological polar surface area (TPSA) is 16.4 Å². The Hall–Kier alpha value is -10.3. The van der Waals surface area contributed by atoms with Crippen LogP contribution in [-0.4, -0.2) is 0 Å². The van der Waals surface area contributed by atoms with Crippen molar-refractivity contribution in [1.29, 1.82) is 0 Å². The average molecular weight is 1560 g/mol. The highest BCUT2D eigenvalue weighted by Crippen LogP contribution is 2.66. The van der Waals surface area contributed by atoms with Gasteiger partial charge in [0.1, 0.15) is 11.2 Å². The minimum Gasteiger partial charge on any atom is -0.455 e. The standard InChI is InChI=1S/C117H121NO/c1-11-15-19-23-37-65-116(66-38-24-20-16-12-2)97-49-35-31-45-86(97)89-60-54-80(71-101(89)116)79-53-59-87-88-61-55-81(72-99(88)113(5,6)98(87)70-79)95-75-103-106(105-85-44-30-29-42-77(85)52-62-90(95)105)93-64-58-84(74-102(93)117(103,67-39-25-21-17-13-3)68-40-26-22-18-14-4)118(82-56-51-76-41-27-28-43-78(76)69-82)83-57-63-92-100(73-83)115(9,10)110-107(92)108-94-47-33-36-50-104(94)119-112(108)109-91-46-32-34-48-96(91)114(7,8)111(109)110/h27-36,41-51,53-61,63-64,69-75H,11-26,37-40,52,62,65-68H2,1-10H3. The van der Waals surface area contributed by atoms with E-state index in [1.165, 1.54) is 319 Å². The van der Waals surface area contributed by atoms with E-state index >= 15 is 0 Å². The second-order valence-electron chi connectivity index (χ2n) is 38.6. The number of aryl methyl sites for hydroxylation is 1. The highest BCUT2D eigenvalue weighted by molar-refractivity contribution is 6.21. The van der Waals surface area contributed by atoms with Crippen LogP contribution in [0.3, 0.4) is 0 Å². The van der Waals surface area contributed by atoms with E-state index in [9.17, 15) is 0 Å². The van der Waals surface area contributed by atoms with Gasteiger partial charge in [-0.2, -0.15) is 0 Å². The molecule has 0 fully saturated rings. The van der Waals surface area contributed by atoms with E-state index in [-0.39, 0.29) is 27.1 Å². The zero-order chi connectivity index (χ0) is 81.1. The van der Waals surface area contributed by atoms with Gasteiger partial charge in [0, 0.05) is 60.5 Å². The molecular formula is C117H121NO. The third kappa shape index (κ3) is 12.4. The second kappa shape index (κ2) is 30.8. The van der Waals surface area contributed by atoms with Crippen molar-refractivity contribution >= 4 is 49.8 Å². The highest BCUT2D eigenvalue weighted by Gasteiger charge is 2.51. The Labute approximate surface area is 710 Å². The van der Waals surface area contributed by atoms with E-state index in [4.69, 9.17) is 4.42 Å². The van der Waals surface area contributed by atoms with Crippen LogP contribution in [0, 0.1) is 0 Å². The first-order valence-electron chi connectivity index (χ1n) is 46.7. The van der Waals surface area contributed by atoms with Gasteiger partial charge in [-0.3, -0.25) is 0 Å². The van der Waals surface area contributed by atoms with E-state index < -0.39 is 0 Å². The van der Waals surface area contributed by atoms with Crippen LogP contribution >= 0.6 is 0 Å². The molecule has 0 spiro atoms. The van der Waals surface area contributed by atoms with Crippen molar-refractivity contribution < 1.29 is 4.42 Å². The molecule has 6 aliphatic rings. The maximum absolute atomic E-state index is 7.19. The molecular weight excluding hydrogens is 1440 g/mol. The normalized spacial score (nSPS) is 15.5. The van der Waals surface area contributed by atoms with Crippen molar-refractivity contribution in [3.05, 3.63) is 303 Å². The van der Waals surface area contributed by atoms with E-state index in [2.05, 4.69) is 311 Å². The van der Waals surface area contributed by atoms with Crippen LogP contribution in [0.15, 0.2) is 241 Å². The van der Waals surface area contributed by atoms with Crippen molar-refractivity contribution in [2.24, 2.45) is 0 Å². The van der Waals surface area contributed by atoms with Gasteiger partial charge < -0.3 is 9.32 Å². The van der Waals surface area contributed by atoms with Gasteiger partial charge in [0.05, 0.1) is 0 Å². The van der Waals surface area contributed by atoms with Crippen LogP contribution < -0.4 is 4.90 Å². The van der Waals surface area contributed by atoms with E-state index in [1.54, 1.807) is 16.7 Å². The lowest BCUT2D eigenvalue weighted by Gasteiger charge is -2.35. The van der Waals surface area contributed by atoms with Gasteiger partial charge in [-0.25, -0.2) is 0 Å². The monoisotopic (exact) mass is 1560 g/mol. The molecule has 119 heavy (non-hydrogen) atoms. The van der Waals surface area contributed by atoms with Crippen molar-refractivity contribution in [2.75, 3.05) is 4.90 Å². The third-order valence-electron chi connectivity index (χ3n) is 30.5. The molecule has 0 aliphatic heterocycles. The fraction of sp³-hybridized carbons (Fsp3) is 0.350. The number of anilines is 3. The summed E-state index contributed by atoms with van der Waals surface area (Å²) in [5.41, 5.74) is 44.4. The Morgan fingerprint density at radius 1 is 0.286 bits per heavy atom. The predicted molar refractivity (Wildman–Crippen MR) is 508 cm³/mol. The van der Waals surface area contributed by atoms with E-state index in [0.717, 1.165) is 36.8 Å². The zero-order valence-electron chi connectivity index (χ0n) is 72.8. The number of benzene rings is 13. The Morgan fingerprint density at radius 3 is 1.37 bits per heavy atom. The number of hydrogen-bond donors (Lipinski definition) is 0. The molecule has 0 saturated heterocycles. The smallest absolute Gasteiger partial charge is 0.144 e. The number of nitrogens with zero attached hydrogens (tertiary/aromatic N) is 1. The number of furan rings is 1. The van der Waals surface area contributed by atoms with Crippen molar-refractivity contribution in [3.8, 4) is 89.0 Å². The lowest BCUT2D eigenvalue weighted by molar-refractivity contribution is 0.399. The molecule has 1 aromatic heterocycles. The molecule has 6 aliphatic carbocycles. The summed E-state index contributed by atoms with van der Waals surface area (Å²) < 4.78 is 7.19. The quantitative estimate of drug-likeness (QED) is 0.0435. The zero-order valence-corrected chi connectivity index (χ0v) is 72.8. The maximum Gasteiger partial charge on any atom is 0.144 e. The molecule has 0 amide bonds. The Bertz CT molecular complexity index is 6280. The number of rotatable bonds is 29. The molecule has 600 valence electrons. The molecule has 14 aromatic rings. The number of hydrogen-bond acceptors (Lipinski definition) is 2. The Kier molecular flexibility index (Phi) is 20.0. The van der Waals surface area contributed by atoms with Crippen LogP contribution in [0.5, 0.6) is 0 Å². The fourth-order valence-electron chi connectivity index (χ4n) is 24.5. The van der Waals surface area contributed by atoms with E-state index in [1.807, 2.05) is 0 Å². The molecule has 1 heterocycles. The van der Waals surface area contributed by atoms with E-state index in [0.29, 0.717) is 0 Å². The Morgan fingerprint density at radius 2 is 0.723 bits per heavy atom. The van der Waals surface area contributed by atoms with Crippen LogP contribution in [0.25, 0.3) is 122 Å². The van der Waals surface area contributed by atoms with Gasteiger partial charge >= 0.3 is 0 Å². The van der Waals surface area contributed by atoms with Crippen molar-refractivity contribution in [2.45, 2.75) is 263 Å². The third-order valence-corrected chi connectivity index (χ3v) is 30.5. The fourth-order valence-corrected chi connectivity index (χ4v) is 24.5. The minimum absolute atomic E-state index is 0.0338. The minimum atomic E-state index is -0.364. The van der Waals surface area contributed by atoms with Crippen molar-refractivity contribution in [3.63, 3.8) is 0 Å². The summed E-state index contributed by atoms with van der Waals surface area (Å²) in [6.45, 7) is 24.5. The predicted octanol–water partition coefficient (Wildman–Crippen LogP) is 34.2. The first-order chi connectivity index (χ1) is 58.1. The molecule has 2 nitrogen and oxygen atoms in total. The molecule has 0 radical (unpaired) electrons. The molecule has 13 aromatic carbocycles. The first-order valence-corrected chi connectivity index (χ1v) is 46.7. The lowest BCUT2D eigenvalue weighted by Crippen LogP contribution is -2.26. The summed E-state index contributed by atoms with van der Waals surface area (Å²) in [6, 6.07) is 94.6. The van der Waals surface area contributed by atoms with Gasteiger partial charge in [0.25, 0.3) is 0 Å². The summed E-state index contributed by atoms with van der Waals surface area (Å²) >= 11 is 0. The summed E-state index contributed by atoms with van der Waals surface area (Å²) in [4.78, 5) is 2.66. The molecule has 0 atom stereocenters. The van der Waals surface area contributed by atoms with Gasteiger partial charge in [-0.1, -0.05) is 368 Å². The molecule has 0 N–H and O–H groups in total. The summed E-state index contributed by atoms with van der Waals surface area (Å²) in [5.74, 6) is 0. The molecule has 0 unspecified atom stereocenters. The number of para-hydroxylation sites is 1. The van der Waals surface area contributed by atoms with Crippen LogP contribution in [0.4, 0.5) is 17.1 Å². The largest absolute Gasteiger partial charge is 0.455 e. The Balaban J connectivity index is 0.735. The SMILES string of the molecule is CCCCCCCC1(CCCCCCC)c2ccccc2-c2ccc(-c3ccc4c(c3)C(C)(C)c3cc(-c5cc6c(c7c5CCc5ccccc5-7)-c5ccc(N(c7ccc8c(c7)C(C)(C)c7c9c(c%10oc%11ccccc%11c%10c7-8)-c7ccccc7C9(C)C)c7ccc8ccccc8c7)cc5C6(CCCCCCC)CCCCCCC)ccc3-4)cc21. The molecule has 2 heteroatoms. The molecule has 0 bridgehead atoms. The number of unbranched alkanes of at least 4 members (excludes halogenated alkanes) is 16. The summed E-state index contributed by atoms with van der Waals surface area (Å²) in [5, 5.41) is 4.92. The molecule has 0 saturated carbocycles. The van der Waals surface area contributed by atoms with Crippen molar-refractivity contribution in [1.82, 2.24) is 0 Å². The van der Waals surface area contributed by atoms with Gasteiger partial charge in [0.15, 0.2) is 0 Å². The van der Waals surface area contributed by atoms with Gasteiger partial charge in [-0.15, -0.1) is 0 Å². The summed E-state index contributed by atoms with van der Waals surface area (Å²) in [7, 11) is 0. The maximum atomic E-state index is 7.19. The van der Waals surface area contributed by atoms with Crippen LogP contribution in [-0.2, 0) is 39.9 Å². The first kappa shape index (κ1) is 77.3. The molecule has 20 rings (SSSR count). The highest BCUT2D eigenvalue weighted by atomic mass is 16.3. The van der Waals surface area contributed by atoms with Crippen LogP contribution in [0.2, 0.25) is 0 Å². The summed E-state index contributed by atoms with van der Waals surface area (Å²) in [6.07, 6.45) is 32.2. The van der Waals surface area contributed by atoms with Crippen LogP contribution in [0.1, 0.15) is 290 Å². The number of fused-ring (bicyclic) bond motifs is 26.